The van der Waals surface area contributed by atoms with E-state index in [4.69, 9.17) is 4.74 Å². The molecule has 4 aliphatic rings. The number of rotatable bonds is 5. The van der Waals surface area contributed by atoms with Crippen LogP contribution in [-0.2, 0) is 4.74 Å². The van der Waals surface area contributed by atoms with Crippen molar-refractivity contribution in [3.63, 3.8) is 0 Å². The molecule has 2 heterocycles. The number of hydrogen-bond acceptors (Lipinski definition) is 4. The third-order valence-electron chi connectivity index (χ3n) is 8.58. The highest BCUT2D eigenvalue weighted by Gasteiger charge is 2.48. The highest BCUT2D eigenvalue weighted by Crippen LogP contribution is 2.50. The normalized spacial score (nSPS) is 45.1. The minimum atomic E-state index is -0.797. The Bertz CT molecular complexity index is 682. The number of piperidine rings is 1. The lowest BCUT2D eigenvalue weighted by atomic mass is 9.63. The zero-order valence-electron chi connectivity index (χ0n) is 19.9. The van der Waals surface area contributed by atoms with Gasteiger partial charge in [0.25, 0.3) is 0 Å². The van der Waals surface area contributed by atoms with E-state index in [-0.39, 0.29) is 17.5 Å². The number of aliphatic hydroxyl groups excluding tert-OH is 1. The molecule has 0 radical (unpaired) electrons. The quantitative estimate of drug-likeness (QED) is 0.488. The lowest BCUT2D eigenvalue weighted by Gasteiger charge is -2.48. The predicted octanol–water partition coefficient (Wildman–Crippen LogP) is 4.65. The van der Waals surface area contributed by atoms with Gasteiger partial charge in [0.2, 0.25) is 0 Å². The summed E-state index contributed by atoms with van der Waals surface area (Å²) < 4.78 is 19.7. The fourth-order valence-electron chi connectivity index (χ4n) is 6.77. The summed E-state index contributed by atoms with van der Waals surface area (Å²) in [7, 11) is 0. The van der Waals surface area contributed by atoms with Gasteiger partial charge in [-0.25, -0.2) is 4.39 Å². The van der Waals surface area contributed by atoms with Crippen molar-refractivity contribution in [2.45, 2.75) is 90.9 Å². The smallest absolute Gasteiger partial charge is 0.183 e. The molecular formula is C26H43FN2O2. The molecule has 0 spiro atoms. The van der Waals surface area contributed by atoms with E-state index in [0.717, 1.165) is 32.4 Å². The number of ether oxygens (including phenoxy) is 1. The van der Waals surface area contributed by atoms with Gasteiger partial charge in [0.1, 0.15) is 12.3 Å². The van der Waals surface area contributed by atoms with Crippen LogP contribution in [0.25, 0.3) is 0 Å². The second-order valence-corrected chi connectivity index (χ2v) is 11.0. The first-order chi connectivity index (χ1) is 14.8. The van der Waals surface area contributed by atoms with E-state index in [1.54, 1.807) is 5.57 Å². The molecule has 2 N–H and O–H groups in total. The second kappa shape index (κ2) is 9.62. The first-order valence-electron chi connectivity index (χ1n) is 12.6. The Morgan fingerprint density at radius 2 is 2.10 bits per heavy atom. The van der Waals surface area contributed by atoms with E-state index in [0.29, 0.717) is 30.4 Å². The fourth-order valence-corrected chi connectivity index (χ4v) is 6.77. The number of nitrogens with zero attached hydrogens (tertiary/aromatic N) is 1. The monoisotopic (exact) mass is 434 g/mol. The van der Waals surface area contributed by atoms with Crippen molar-refractivity contribution >= 4 is 0 Å². The summed E-state index contributed by atoms with van der Waals surface area (Å²) in [5.41, 5.74) is 1.69. The summed E-state index contributed by atoms with van der Waals surface area (Å²) in [5.74, 6) is 1.74. The SMILES string of the molecule is CCOC(O)C1NCC2CCC(C)(C3=CCCC(C)CC3C3C=CC(F)[C@@H](C)C3)CN21. The van der Waals surface area contributed by atoms with E-state index in [1.807, 2.05) is 13.0 Å². The summed E-state index contributed by atoms with van der Waals surface area (Å²) in [6, 6.07) is 0.471. The van der Waals surface area contributed by atoms with Gasteiger partial charge < -0.3 is 9.84 Å². The van der Waals surface area contributed by atoms with Crippen LogP contribution in [0.5, 0.6) is 0 Å². The number of alkyl halides is 1. The molecule has 8 unspecified atom stereocenters. The van der Waals surface area contributed by atoms with Gasteiger partial charge in [-0.1, -0.05) is 44.6 Å². The van der Waals surface area contributed by atoms with Crippen LogP contribution in [0.4, 0.5) is 4.39 Å². The molecule has 5 heteroatoms. The number of nitrogens with one attached hydrogen (secondary N) is 1. The predicted molar refractivity (Wildman–Crippen MR) is 123 cm³/mol. The van der Waals surface area contributed by atoms with Crippen LogP contribution in [-0.4, -0.2) is 54.4 Å². The van der Waals surface area contributed by atoms with Gasteiger partial charge in [0.05, 0.1) is 0 Å². The Kier molecular flexibility index (Phi) is 7.27. The van der Waals surface area contributed by atoms with Crippen LogP contribution in [0.3, 0.4) is 0 Å². The largest absolute Gasteiger partial charge is 0.366 e. The summed E-state index contributed by atoms with van der Waals surface area (Å²) in [4.78, 5) is 2.47. The van der Waals surface area contributed by atoms with Gasteiger partial charge in [-0.05, 0) is 69.1 Å². The molecule has 0 saturated carbocycles. The molecule has 31 heavy (non-hydrogen) atoms. The maximum Gasteiger partial charge on any atom is 0.183 e. The number of fused-ring (bicyclic) bond motifs is 1. The van der Waals surface area contributed by atoms with Crippen molar-refractivity contribution in [3.05, 3.63) is 23.8 Å². The van der Waals surface area contributed by atoms with Crippen LogP contribution in [0.2, 0.25) is 0 Å². The molecule has 9 atom stereocenters. The maximum atomic E-state index is 14.2. The van der Waals surface area contributed by atoms with Gasteiger partial charge in [0.15, 0.2) is 6.29 Å². The molecule has 2 aliphatic carbocycles. The van der Waals surface area contributed by atoms with Crippen molar-refractivity contribution in [3.8, 4) is 0 Å². The Morgan fingerprint density at radius 1 is 1.29 bits per heavy atom. The zero-order valence-corrected chi connectivity index (χ0v) is 19.9. The number of hydrogen-bond donors (Lipinski definition) is 2. The van der Waals surface area contributed by atoms with E-state index in [2.05, 4.69) is 43.1 Å². The highest BCUT2D eigenvalue weighted by molar-refractivity contribution is 5.24. The molecular weight excluding hydrogens is 391 g/mol. The first kappa shape index (κ1) is 23.4. The van der Waals surface area contributed by atoms with E-state index in [9.17, 15) is 9.50 Å². The first-order valence-corrected chi connectivity index (χ1v) is 12.6. The van der Waals surface area contributed by atoms with E-state index in [1.165, 1.54) is 19.3 Å². The molecule has 0 aromatic rings. The zero-order chi connectivity index (χ0) is 22.2. The minimum absolute atomic E-state index is 0.0884. The topological polar surface area (TPSA) is 44.7 Å². The molecule has 4 nitrogen and oxygen atoms in total. The Labute approximate surface area is 188 Å². The number of halogens is 1. The van der Waals surface area contributed by atoms with Crippen molar-refractivity contribution in [1.29, 1.82) is 0 Å². The van der Waals surface area contributed by atoms with Crippen LogP contribution in [0.1, 0.15) is 66.2 Å². The summed E-state index contributed by atoms with van der Waals surface area (Å²) in [6.07, 6.45) is 11.7. The average molecular weight is 435 g/mol. The minimum Gasteiger partial charge on any atom is -0.366 e. The Balaban J connectivity index is 1.59. The third kappa shape index (κ3) is 4.80. The lowest BCUT2D eigenvalue weighted by Crippen LogP contribution is -2.55. The highest BCUT2D eigenvalue weighted by atomic mass is 19.1. The summed E-state index contributed by atoms with van der Waals surface area (Å²) in [5, 5.41) is 14.1. The van der Waals surface area contributed by atoms with Crippen LogP contribution in [0, 0.1) is 29.1 Å². The van der Waals surface area contributed by atoms with Crippen LogP contribution in [0.15, 0.2) is 23.8 Å². The molecule has 176 valence electrons. The molecule has 2 aliphatic heterocycles. The Hall–Kier alpha value is -0.750. The molecule has 0 amide bonds. The lowest BCUT2D eigenvalue weighted by molar-refractivity contribution is -0.148. The standard InChI is InChI=1S/C26H43FN2O2/c1-5-31-25(30)24-28-15-20-11-12-26(4,16-29(20)24)22-8-6-7-17(2)13-21(22)19-9-10-23(27)18(3)14-19/h8-10,17-21,23-25,28,30H,5-7,11-16H2,1-4H3/t17?,18-,19?,20?,21?,23?,24?,25?,26?/m0/s1. The fraction of sp³-hybridized carbons (Fsp3) is 0.846. The van der Waals surface area contributed by atoms with Gasteiger partial charge in [0, 0.05) is 31.2 Å². The van der Waals surface area contributed by atoms with Gasteiger partial charge in [-0.2, -0.15) is 0 Å². The van der Waals surface area contributed by atoms with Crippen molar-refractivity contribution in [2.75, 3.05) is 19.7 Å². The molecule has 2 saturated heterocycles. The second-order valence-electron chi connectivity index (χ2n) is 11.0. The van der Waals surface area contributed by atoms with E-state index >= 15 is 0 Å². The van der Waals surface area contributed by atoms with Gasteiger partial charge >= 0.3 is 0 Å². The third-order valence-corrected chi connectivity index (χ3v) is 8.58. The summed E-state index contributed by atoms with van der Waals surface area (Å²) in [6.45, 7) is 11.2. The van der Waals surface area contributed by atoms with Crippen LogP contribution < -0.4 is 5.32 Å². The van der Waals surface area contributed by atoms with Crippen molar-refractivity contribution in [1.82, 2.24) is 10.2 Å². The van der Waals surface area contributed by atoms with Crippen LogP contribution >= 0.6 is 0 Å². The molecule has 0 aromatic carbocycles. The number of allylic oxidation sites excluding steroid dienone is 3. The molecule has 2 fully saturated rings. The Morgan fingerprint density at radius 3 is 2.84 bits per heavy atom. The molecule has 0 bridgehead atoms. The van der Waals surface area contributed by atoms with Gasteiger partial charge in [-0.3, -0.25) is 10.2 Å². The number of aliphatic hydroxyl groups is 1. The molecule has 0 aromatic heterocycles. The molecule has 4 rings (SSSR count). The van der Waals surface area contributed by atoms with Crippen molar-refractivity contribution < 1.29 is 14.2 Å². The van der Waals surface area contributed by atoms with Crippen molar-refractivity contribution in [2.24, 2.45) is 29.1 Å². The van der Waals surface area contributed by atoms with Gasteiger partial charge in [-0.15, -0.1) is 0 Å². The average Bonchev–Trinajstić information content (AvgIpc) is 3.03. The maximum absolute atomic E-state index is 14.2. The summed E-state index contributed by atoms with van der Waals surface area (Å²) >= 11 is 0. The van der Waals surface area contributed by atoms with E-state index < -0.39 is 12.5 Å².